The van der Waals surface area contributed by atoms with E-state index in [2.05, 4.69) is 13.8 Å². The number of methoxy groups -OCH3 is 3. The Kier molecular flexibility index (Phi) is 15.7. The number of unbranched alkanes of at least 4 members (excludes halogenated alkanes) is 4. The topological polar surface area (TPSA) is 82.1 Å². The van der Waals surface area contributed by atoms with Crippen molar-refractivity contribution in [1.82, 2.24) is 0 Å². The zero-order valence-electron chi connectivity index (χ0n) is 21.9. The fourth-order valence-electron chi connectivity index (χ4n) is 5.94. The van der Waals surface area contributed by atoms with Gasteiger partial charge in [0, 0.05) is 27.1 Å². The van der Waals surface area contributed by atoms with E-state index in [0.29, 0.717) is 48.7 Å². The number of aliphatic carboxylic acids is 1. The van der Waals surface area contributed by atoms with Crippen molar-refractivity contribution in [3.63, 3.8) is 0 Å². The van der Waals surface area contributed by atoms with Gasteiger partial charge in [-0.2, -0.15) is 0 Å². The largest absolute Gasteiger partial charge is 0.481 e. The molecule has 0 aromatic heterocycles. The monoisotopic (exact) mass is 470 g/mol. The van der Waals surface area contributed by atoms with Gasteiger partial charge in [0.05, 0.1) is 19.3 Å². The Morgan fingerprint density at radius 3 is 1.55 bits per heavy atom. The van der Waals surface area contributed by atoms with Crippen molar-refractivity contribution in [3.05, 3.63) is 0 Å². The number of carboxylic acids is 1. The molecule has 194 valence electrons. The second-order valence-electron chi connectivity index (χ2n) is 9.92. The Labute approximate surface area is 202 Å². The molecule has 2 rings (SSSR count). The fourth-order valence-corrected chi connectivity index (χ4v) is 5.94. The molecule has 2 aliphatic rings. The third-order valence-corrected chi connectivity index (χ3v) is 7.79. The summed E-state index contributed by atoms with van der Waals surface area (Å²) in [5.74, 6) is 1.07. The first kappa shape index (κ1) is 29.9. The number of hydrogen-bond donors (Lipinski definition) is 1. The number of carbonyl (C=O) groups is 2. The molecule has 0 bridgehead atoms. The summed E-state index contributed by atoms with van der Waals surface area (Å²) in [4.78, 5) is 22.2. The molecule has 6 atom stereocenters. The Hall–Kier alpha value is -1.14. The number of carbonyl (C=O) groups excluding carboxylic acids is 1. The molecule has 0 aromatic rings. The van der Waals surface area contributed by atoms with Gasteiger partial charge in [-0.15, -0.1) is 0 Å². The van der Waals surface area contributed by atoms with Crippen LogP contribution in [0.15, 0.2) is 0 Å². The molecule has 2 aliphatic carbocycles. The molecular weight excluding hydrogens is 420 g/mol. The summed E-state index contributed by atoms with van der Waals surface area (Å²) in [6, 6.07) is 0. The van der Waals surface area contributed by atoms with E-state index in [4.69, 9.17) is 19.3 Å². The van der Waals surface area contributed by atoms with E-state index in [-0.39, 0.29) is 5.97 Å². The Morgan fingerprint density at radius 1 is 0.727 bits per heavy atom. The van der Waals surface area contributed by atoms with Crippen molar-refractivity contribution in [3.8, 4) is 0 Å². The van der Waals surface area contributed by atoms with Gasteiger partial charge in [0.25, 0.3) is 0 Å². The quantitative estimate of drug-likeness (QED) is 0.238. The highest BCUT2D eigenvalue weighted by molar-refractivity contribution is 5.69. The number of carboxylic acid groups (broad SMARTS) is 1. The Morgan fingerprint density at radius 2 is 1.18 bits per heavy atom. The fraction of sp³-hybridized carbons (Fsp3) is 0.926. The summed E-state index contributed by atoms with van der Waals surface area (Å²) < 4.78 is 15.8. The van der Waals surface area contributed by atoms with Crippen molar-refractivity contribution in [1.29, 1.82) is 0 Å². The molecule has 1 N–H and O–H groups in total. The first-order valence-corrected chi connectivity index (χ1v) is 13.3. The average molecular weight is 471 g/mol. The SMILES string of the molecule is CCCCCC1C(CC(=O)O)CCC1OC.CCCCCC1C(CC(=O)OC)CCC1OC. The minimum absolute atomic E-state index is 0.0766. The van der Waals surface area contributed by atoms with Crippen molar-refractivity contribution < 1.29 is 28.9 Å². The van der Waals surface area contributed by atoms with Crippen LogP contribution in [0.25, 0.3) is 0 Å². The summed E-state index contributed by atoms with van der Waals surface area (Å²) in [6.45, 7) is 4.41. The van der Waals surface area contributed by atoms with Gasteiger partial charge in [0.15, 0.2) is 0 Å². The zero-order chi connectivity index (χ0) is 24.6. The van der Waals surface area contributed by atoms with E-state index in [1.807, 2.05) is 0 Å². The van der Waals surface area contributed by atoms with Gasteiger partial charge < -0.3 is 19.3 Å². The minimum atomic E-state index is -0.665. The van der Waals surface area contributed by atoms with Crippen molar-refractivity contribution in [2.75, 3.05) is 21.3 Å². The first-order chi connectivity index (χ1) is 15.9. The Balaban J connectivity index is 0.000000331. The van der Waals surface area contributed by atoms with E-state index in [9.17, 15) is 9.59 Å². The number of rotatable bonds is 14. The molecule has 0 amide bonds. The maximum Gasteiger partial charge on any atom is 0.305 e. The highest BCUT2D eigenvalue weighted by Crippen LogP contribution is 2.40. The van der Waals surface area contributed by atoms with Gasteiger partial charge in [-0.3, -0.25) is 9.59 Å². The van der Waals surface area contributed by atoms with Crippen molar-refractivity contribution in [2.45, 2.75) is 116 Å². The average Bonchev–Trinajstić information content (AvgIpc) is 3.37. The van der Waals surface area contributed by atoms with Crippen LogP contribution in [0.1, 0.15) is 104 Å². The molecule has 0 aromatic carbocycles. The van der Waals surface area contributed by atoms with Crippen molar-refractivity contribution >= 4 is 11.9 Å². The maximum absolute atomic E-state index is 11.4. The molecule has 0 radical (unpaired) electrons. The van der Waals surface area contributed by atoms with Gasteiger partial charge in [-0.05, 0) is 62.2 Å². The molecule has 6 unspecified atom stereocenters. The van der Waals surface area contributed by atoms with E-state index < -0.39 is 5.97 Å². The molecule has 2 saturated carbocycles. The van der Waals surface area contributed by atoms with Crippen LogP contribution in [-0.4, -0.2) is 50.6 Å². The van der Waals surface area contributed by atoms with E-state index in [0.717, 1.165) is 32.1 Å². The highest BCUT2D eigenvalue weighted by atomic mass is 16.5. The van der Waals surface area contributed by atoms with Gasteiger partial charge in [0.2, 0.25) is 0 Å². The van der Waals surface area contributed by atoms with Gasteiger partial charge in [-0.25, -0.2) is 0 Å². The third-order valence-electron chi connectivity index (χ3n) is 7.79. The van der Waals surface area contributed by atoms with Gasteiger partial charge >= 0.3 is 11.9 Å². The minimum Gasteiger partial charge on any atom is -0.481 e. The summed E-state index contributed by atoms with van der Waals surface area (Å²) in [5, 5.41) is 8.88. The van der Waals surface area contributed by atoms with Crippen molar-refractivity contribution in [2.24, 2.45) is 23.7 Å². The second kappa shape index (κ2) is 17.3. The standard InChI is InChI=1S/C14H26O3.C13H24O3/c1-4-5-6-7-12-11(10-14(15)17-3)8-9-13(12)16-2;1-3-4-5-6-11-10(9-13(14)15)7-8-12(11)16-2/h11-13H,4-10H2,1-3H3;10-12H,3-9H2,1-2H3,(H,14,15). The lowest BCUT2D eigenvalue weighted by atomic mass is 9.87. The lowest BCUT2D eigenvalue weighted by Gasteiger charge is -2.23. The van der Waals surface area contributed by atoms with Crippen LogP contribution in [-0.2, 0) is 23.8 Å². The second-order valence-corrected chi connectivity index (χ2v) is 9.92. The smallest absolute Gasteiger partial charge is 0.305 e. The predicted molar refractivity (Wildman–Crippen MR) is 131 cm³/mol. The lowest BCUT2D eigenvalue weighted by Crippen LogP contribution is -2.23. The summed E-state index contributed by atoms with van der Waals surface area (Å²) >= 11 is 0. The molecule has 33 heavy (non-hydrogen) atoms. The zero-order valence-corrected chi connectivity index (χ0v) is 21.9. The number of hydrogen-bond acceptors (Lipinski definition) is 5. The molecule has 2 fully saturated rings. The molecule has 0 saturated heterocycles. The summed E-state index contributed by atoms with van der Waals surface area (Å²) in [7, 11) is 5.01. The molecule has 0 spiro atoms. The lowest BCUT2D eigenvalue weighted by molar-refractivity contribution is -0.142. The van der Waals surface area contributed by atoms with Gasteiger partial charge in [0.1, 0.15) is 0 Å². The van der Waals surface area contributed by atoms with Crippen LogP contribution in [0.5, 0.6) is 0 Å². The first-order valence-electron chi connectivity index (χ1n) is 13.3. The predicted octanol–water partition coefficient (Wildman–Crippen LogP) is 6.25. The Bertz CT molecular complexity index is 537. The molecule has 6 nitrogen and oxygen atoms in total. The van der Waals surface area contributed by atoms with E-state index in [1.165, 1.54) is 52.1 Å². The van der Waals surface area contributed by atoms with E-state index >= 15 is 0 Å². The van der Waals surface area contributed by atoms with Crippen LogP contribution in [0.4, 0.5) is 0 Å². The molecule has 0 aliphatic heterocycles. The normalized spacial score (nSPS) is 28.9. The van der Waals surface area contributed by atoms with E-state index in [1.54, 1.807) is 14.2 Å². The van der Waals surface area contributed by atoms with Crippen LogP contribution in [0.3, 0.4) is 0 Å². The molecule has 0 heterocycles. The van der Waals surface area contributed by atoms with Crippen LogP contribution >= 0.6 is 0 Å². The van der Waals surface area contributed by atoms with Gasteiger partial charge in [-0.1, -0.05) is 52.4 Å². The number of ether oxygens (including phenoxy) is 3. The van der Waals surface area contributed by atoms with Crippen LogP contribution in [0.2, 0.25) is 0 Å². The van der Waals surface area contributed by atoms with Crippen LogP contribution in [0, 0.1) is 23.7 Å². The molecular formula is C27H50O6. The third kappa shape index (κ3) is 10.8. The summed E-state index contributed by atoms with van der Waals surface area (Å²) in [5.41, 5.74) is 0. The highest BCUT2D eigenvalue weighted by Gasteiger charge is 2.37. The van der Waals surface area contributed by atoms with Crippen LogP contribution < -0.4 is 0 Å². The maximum atomic E-state index is 11.4. The molecule has 6 heteroatoms. The number of esters is 1. The summed E-state index contributed by atoms with van der Waals surface area (Å²) in [6.07, 6.45) is 15.5.